The van der Waals surface area contributed by atoms with E-state index in [2.05, 4.69) is 17.4 Å². The number of carbonyl (C=O) groups is 1. The predicted molar refractivity (Wildman–Crippen MR) is 102 cm³/mol. The van der Waals surface area contributed by atoms with Crippen LogP contribution in [0.4, 0.5) is 0 Å². The number of aldehydes is 1. The SMILES string of the molecule is CC(CO)NCc1ccccc1.CC(N)CO.O=Cc1ccccc1. The van der Waals surface area contributed by atoms with E-state index in [0.29, 0.717) is 0 Å². The van der Waals surface area contributed by atoms with Gasteiger partial charge < -0.3 is 21.3 Å². The Morgan fingerprint density at radius 2 is 1.44 bits per heavy atom. The van der Waals surface area contributed by atoms with Crippen molar-refractivity contribution in [1.29, 1.82) is 0 Å². The van der Waals surface area contributed by atoms with Crippen LogP contribution in [0.15, 0.2) is 60.7 Å². The summed E-state index contributed by atoms with van der Waals surface area (Å²) in [6, 6.07) is 19.4. The average molecular weight is 346 g/mol. The maximum Gasteiger partial charge on any atom is 0.150 e. The lowest BCUT2D eigenvalue weighted by Gasteiger charge is -2.09. The molecule has 0 aliphatic rings. The van der Waals surface area contributed by atoms with Crippen LogP contribution in [0, 0.1) is 0 Å². The van der Waals surface area contributed by atoms with Crippen molar-refractivity contribution in [2.24, 2.45) is 5.73 Å². The Balaban J connectivity index is 0.000000382. The molecule has 5 N–H and O–H groups in total. The van der Waals surface area contributed by atoms with Crippen LogP contribution in [0.1, 0.15) is 29.8 Å². The molecule has 5 heteroatoms. The van der Waals surface area contributed by atoms with Gasteiger partial charge in [0.05, 0.1) is 13.2 Å². The molecule has 2 atom stereocenters. The summed E-state index contributed by atoms with van der Waals surface area (Å²) < 4.78 is 0. The molecule has 0 saturated heterocycles. The van der Waals surface area contributed by atoms with Crippen LogP contribution in [-0.2, 0) is 6.54 Å². The number of benzene rings is 2. The van der Waals surface area contributed by atoms with Crippen molar-refractivity contribution in [2.75, 3.05) is 13.2 Å². The van der Waals surface area contributed by atoms with Crippen molar-refractivity contribution in [1.82, 2.24) is 5.32 Å². The number of nitrogens with one attached hydrogen (secondary N) is 1. The molecule has 0 amide bonds. The summed E-state index contributed by atoms with van der Waals surface area (Å²) in [6.45, 7) is 4.80. The van der Waals surface area contributed by atoms with Gasteiger partial charge in [0.15, 0.2) is 0 Å². The van der Waals surface area contributed by atoms with Crippen molar-refractivity contribution in [2.45, 2.75) is 32.5 Å². The molecule has 25 heavy (non-hydrogen) atoms. The highest BCUT2D eigenvalue weighted by Crippen LogP contribution is 1.97. The smallest absolute Gasteiger partial charge is 0.150 e. The highest BCUT2D eigenvalue weighted by molar-refractivity contribution is 5.74. The van der Waals surface area contributed by atoms with Gasteiger partial charge in [0.2, 0.25) is 0 Å². The van der Waals surface area contributed by atoms with Gasteiger partial charge in [0, 0.05) is 24.2 Å². The number of hydrogen-bond acceptors (Lipinski definition) is 5. The molecule has 0 fully saturated rings. The second kappa shape index (κ2) is 15.5. The van der Waals surface area contributed by atoms with Crippen LogP contribution >= 0.6 is 0 Å². The van der Waals surface area contributed by atoms with Crippen LogP contribution in [0.3, 0.4) is 0 Å². The lowest BCUT2D eigenvalue weighted by molar-refractivity contribution is 0.112. The molecule has 2 aromatic carbocycles. The second-order valence-corrected chi connectivity index (χ2v) is 5.64. The molecule has 0 spiro atoms. The Morgan fingerprint density at radius 1 is 0.960 bits per heavy atom. The van der Waals surface area contributed by atoms with Gasteiger partial charge in [0.1, 0.15) is 6.29 Å². The predicted octanol–water partition coefficient (Wildman–Crippen LogP) is 1.98. The fourth-order valence-corrected chi connectivity index (χ4v) is 1.48. The Bertz CT molecular complexity index is 533. The molecule has 0 aliphatic heterocycles. The third-order valence-corrected chi connectivity index (χ3v) is 2.99. The van der Waals surface area contributed by atoms with Crippen LogP contribution in [0.25, 0.3) is 0 Å². The van der Waals surface area contributed by atoms with Gasteiger partial charge in [-0.3, -0.25) is 4.79 Å². The van der Waals surface area contributed by atoms with Gasteiger partial charge in [-0.25, -0.2) is 0 Å². The largest absolute Gasteiger partial charge is 0.395 e. The molecule has 0 aliphatic carbocycles. The highest BCUT2D eigenvalue weighted by atomic mass is 16.3. The Hall–Kier alpha value is -2.05. The van der Waals surface area contributed by atoms with Gasteiger partial charge in [0.25, 0.3) is 0 Å². The number of nitrogens with two attached hydrogens (primary N) is 1. The zero-order valence-corrected chi connectivity index (χ0v) is 15.0. The lowest BCUT2D eigenvalue weighted by Crippen LogP contribution is -2.28. The molecule has 2 unspecified atom stereocenters. The van der Waals surface area contributed by atoms with Gasteiger partial charge in [-0.2, -0.15) is 0 Å². The minimum absolute atomic E-state index is 0.0602. The molecular formula is C20H30N2O3. The Kier molecular flexibility index (Phi) is 14.2. The molecule has 0 bridgehead atoms. The summed E-state index contributed by atoms with van der Waals surface area (Å²) >= 11 is 0. The first-order valence-corrected chi connectivity index (χ1v) is 8.28. The number of carbonyl (C=O) groups excluding carboxylic acids is 1. The molecule has 0 aromatic heterocycles. The van der Waals surface area contributed by atoms with Gasteiger partial charge in [-0.1, -0.05) is 60.7 Å². The summed E-state index contributed by atoms with van der Waals surface area (Å²) in [6.07, 6.45) is 0.833. The molecule has 5 nitrogen and oxygen atoms in total. The zero-order valence-electron chi connectivity index (χ0n) is 15.0. The van der Waals surface area contributed by atoms with Gasteiger partial charge in [-0.05, 0) is 19.4 Å². The van der Waals surface area contributed by atoms with E-state index in [9.17, 15) is 4.79 Å². The Labute approximate surface area is 150 Å². The normalized spacial score (nSPS) is 11.9. The summed E-state index contributed by atoms with van der Waals surface area (Å²) in [4.78, 5) is 10.0. The van der Waals surface area contributed by atoms with E-state index >= 15 is 0 Å². The van der Waals surface area contributed by atoms with Crippen molar-refractivity contribution in [3.63, 3.8) is 0 Å². The third kappa shape index (κ3) is 14.0. The van der Waals surface area contributed by atoms with Crippen molar-refractivity contribution >= 4 is 6.29 Å². The van der Waals surface area contributed by atoms with Crippen LogP contribution < -0.4 is 11.1 Å². The van der Waals surface area contributed by atoms with E-state index < -0.39 is 0 Å². The quantitative estimate of drug-likeness (QED) is 0.600. The summed E-state index contributed by atoms with van der Waals surface area (Å²) in [7, 11) is 0. The van der Waals surface area contributed by atoms with E-state index in [1.165, 1.54) is 5.56 Å². The van der Waals surface area contributed by atoms with E-state index in [1.807, 2.05) is 43.3 Å². The topological polar surface area (TPSA) is 95.6 Å². The Morgan fingerprint density at radius 3 is 1.80 bits per heavy atom. The molecular weight excluding hydrogens is 316 g/mol. The minimum atomic E-state index is -0.0602. The summed E-state index contributed by atoms with van der Waals surface area (Å²) in [5.74, 6) is 0. The molecule has 0 radical (unpaired) electrons. The minimum Gasteiger partial charge on any atom is -0.395 e. The standard InChI is InChI=1S/C10H15NO.C7H6O.C3H9NO/c1-9(8-12)11-7-10-5-3-2-4-6-10;8-6-7-4-2-1-3-5-7;1-3(4)2-5/h2-6,9,11-12H,7-8H2,1H3;1-6H;3,5H,2,4H2,1H3. The van der Waals surface area contributed by atoms with Crippen molar-refractivity contribution < 1.29 is 15.0 Å². The average Bonchev–Trinajstić information content (AvgIpc) is 2.68. The van der Waals surface area contributed by atoms with Gasteiger partial charge in [-0.15, -0.1) is 0 Å². The molecule has 2 aromatic rings. The number of aliphatic hydroxyl groups excluding tert-OH is 2. The van der Waals surface area contributed by atoms with Crippen LogP contribution in [0.2, 0.25) is 0 Å². The maximum absolute atomic E-state index is 10.0. The fourth-order valence-electron chi connectivity index (χ4n) is 1.48. The van der Waals surface area contributed by atoms with E-state index in [0.717, 1.165) is 18.4 Å². The monoisotopic (exact) mass is 346 g/mol. The number of rotatable bonds is 6. The second-order valence-electron chi connectivity index (χ2n) is 5.64. The lowest BCUT2D eigenvalue weighted by atomic mass is 10.2. The molecule has 0 heterocycles. The van der Waals surface area contributed by atoms with Crippen LogP contribution in [0.5, 0.6) is 0 Å². The van der Waals surface area contributed by atoms with E-state index in [1.54, 1.807) is 19.1 Å². The fraction of sp³-hybridized carbons (Fsp3) is 0.350. The van der Waals surface area contributed by atoms with Crippen LogP contribution in [-0.4, -0.2) is 41.8 Å². The number of aliphatic hydroxyl groups is 2. The summed E-state index contributed by atoms with van der Waals surface area (Å²) in [5.41, 5.74) is 7.02. The zero-order chi connectivity index (χ0) is 18.9. The maximum atomic E-state index is 10.0. The van der Waals surface area contributed by atoms with E-state index in [4.69, 9.17) is 15.9 Å². The van der Waals surface area contributed by atoms with E-state index in [-0.39, 0.29) is 25.3 Å². The van der Waals surface area contributed by atoms with Crippen molar-refractivity contribution in [3.8, 4) is 0 Å². The van der Waals surface area contributed by atoms with Gasteiger partial charge >= 0.3 is 0 Å². The first-order chi connectivity index (χ1) is 12.0. The highest BCUT2D eigenvalue weighted by Gasteiger charge is 1.97. The molecule has 138 valence electrons. The number of hydrogen-bond donors (Lipinski definition) is 4. The first kappa shape index (κ1) is 22.9. The third-order valence-electron chi connectivity index (χ3n) is 2.99. The van der Waals surface area contributed by atoms with Crippen molar-refractivity contribution in [3.05, 3.63) is 71.8 Å². The summed E-state index contributed by atoms with van der Waals surface area (Å²) in [5, 5.41) is 20.0. The first-order valence-electron chi connectivity index (χ1n) is 8.28. The molecule has 2 rings (SSSR count). The molecule has 0 saturated carbocycles.